The van der Waals surface area contributed by atoms with Crippen molar-refractivity contribution in [3.05, 3.63) is 0 Å². The van der Waals surface area contributed by atoms with E-state index in [1.54, 1.807) is 13.8 Å². The summed E-state index contributed by atoms with van der Waals surface area (Å²) in [5.41, 5.74) is 0. The van der Waals surface area contributed by atoms with Crippen LogP contribution in [0.2, 0.25) is 0 Å². The number of aliphatic hydroxyl groups is 3. The Labute approximate surface area is 94.2 Å². The van der Waals surface area contributed by atoms with E-state index in [4.69, 9.17) is 9.84 Å². The molecule has 0 radical (unpaired) electrons. The van der Waals surface area contributed by atoms with Gasteiger partial charge in [0.2, 0.25) is 5.91 Å². The number of hydrogen-bond donors (Lipinski definition) is 4. The van der Waals surface area contributed by atoms with E-state index < -0.39 is 37.1 Å². The van der Waals surface area contributed by atoms with Gasteiger partial charge in [-0.05, 0) is 0 Å². The van der Waals surface area contributed by atoms with Crippen LogP contribution < -0.4 is 5.32 Å². The van der Waals surface area contributed by atoms with Crippen LogP contribution in [0.25, 0.3) is 0 Å². The van der Waals surface area contributed by atoms with E-state index in [1.807, 2.05) is 0 Å². The Hall–Kier alpha value is -0.690. The Bertz CT molecular complexity index is 245. The van der Waals surface area contributed by atoms with Crippen molar-refractivity contribution in [3.63, 3.8) is 0 Å². The largest absolute Gasteiger partial charge is 0.394 e. The average molecular weight is 233 g/mol. The Morgan fingerprint density at radius 1 is 1.38 bits per heavy atom. The molecule has 1 aliphatic heterocycles. The molecule has 0 saturated carbocycles. The molecule has 6 nitrogen and oxygen atoms in total. The summed E-state index contributed by atoms with van der Waals surface area (Å²) in [6.07, 6.45) is -3.38. The van der Waals surface area contributed by atoms with E-state index in [2.05, 4.69) is 5.32 Å². The van der Waals surface area contributed by atoms with Crippen LogP contribution in [-0.2, 0) is 9.53 Å². The number of amides is 1. The molecule has 1 fully saturated rings. The zero-order chi connectivity index (χ0) is 12.3. The van der Waals surface area contributed by atoms with Gasteiger partial charge < -0.3 is 25.4 Å². The van der Waals surface area contributed by atoms with Gasteiger partial charge in [-0.15, -0.1) is 0 Å². The van der Waals surface area contributed by atoms with Crippen LogP contribution in [0.3, 0.4) is 0 Å². The molecular weight excluding hydrogens is 214 g/mol. The lowest BCUT2D eigenvalue weighted by molar-refractivity contribution is -0.213. The van der Waals surface area contributed by atoms with Gasteiger partial charge in [-0.1, -0.05) is 13.8 Å². The highest BCUT2D eigenvalue weighted by atomic mass is 16.5. The number of aliphatic hydroxyl groups excluding tert-OH is 3. The Morgan fingerprint density at radius 2 is 2.00 bits per heavy atom. The van der Waals surface area contributed by atoms with Crippen molar-refractivity contribution in [1.29, 1.82) is 0 Å². The van der Waals surface area contributed by atoms with Crippen LogP contribution in [-0.4, -0.2) is 52.4 Å². The molecule has 1 saturated heterocycles. The first-order valence-electron chi connectivity index (χ1n) is 5.43. The third kappa shape index (κ3) is 2.70. The van der Waals surface area contributed by atoms with Gasteiger partial charge in [0.05, 0.1) is 12.7 Å². The highest BCUT2D eigenvalue weighted by Gasteiger charge is 2.42. The molecule has 1 amide bonds. The fourth-order valence-corrected chi connectivity index (χ4v) is 1.68. The normalized spacial score (nSPS) is 39.4. The van der Waals surface area contributed by atoms with Crippen molar-refractivity contribution < 1.29 is 24.9 Å². The maximum atomic E-state index is 11.2. The van der Waals surface area contributed by atoms with Crippen molar-refractivity contribution in [2.75, 3.05) is 6.61 Å². The summed E-state index contributed by atoms with van der Waals surface area (Å²) in [7, 11) is 0. The summed E-state index contributed by atoms with van der Waals surface area (Å²) in [4.78, 5) is 11.2. The second-order valence-electron chi connectivity index (χ2n) is 4.04. The smallest absolute Gasteiger partial charge is 0.221 e. The van der Waals surface area contributed by atoms with E-state index in [-0.39, 0.29) is 5.91 Å². The molecule has 0 bridgehead atoms. The Balaban J connectivity index is 2.67. The first-order chi connectivity index (χ1) is 7.51. The van der Waals surface area contributed by atoms with Crippen molar-refractivity contribution in [2.45, 2.75) is 44.8 Å². The van der Waals surface area contributed by atoms with Gasteiger partial charge in [0.15, 0.2) is 0 Å². The van der Waals surface area contributed by atoms with Crippen molar-refractivity contribution in [3.8, 4) is 0 Å². The monoisotopic (exact) mass is 233 g/mol. The third-order valence-corrected chi connectivity index (χ3v) is 2.87. The zero-order valence-corrected chi connectivity index (χ0v) is 9.46. The van der Waals surface area contributed by atoms with Crippen LogP contribution in [0.4, 0.5) is 0 Å². The number of carbonyl (C=O) groups excluding carboxylic acids is 1. The quantitative estimate of drug-likeness (QED) is 0.480. The summed E-state index contributed by atoms with van der Waals surface area (Å²) in [5.74, 6) is -0.620. The minimum absolute atomic E-state index is 0.197. The van der Waals surface area contributed by atoms with Crippen LogP contribution in [0.1, 0.15) is 20.3 Å². The van der Waals surface area contributed by atoms with Gasteiger partial charge in [-0.3, -0.25) is 4.79 Å². The minimum Gasteiger partial charge on any atom is -0.394 e. The van der Waals surface area contributed by atoms with E-state index in [9.17, 15) is 15.0 Å². The summed E-state index contributed by atoms with van der Waals surface area (Å²) >= 11 is 0. The first kappa shape index (κ1) is 13.4. The van der Waals surface area contributed by atoms with Crippen molar-refractivity contribution in [2.24, 2.45) is 5.92 Å². The molecule has 16 heavy (non-hydrogen) atoms. The molecule has 0 aliphatic carbocycles. The molecule has 0 aromatic heterocycles. The predicted octanol–water partition coefficient (Wildman–Crippen LogP) is -1.41. The maximum Gasteiger partial charge on any atom is 0.221 e. The number of carbonyl (C=O) groups is 1. The lowest BCUT2D eigenvalue weighted by Gasteiger charge is -2.41. The number of rotatable bonds is 3. The van der Waals surface area contributed by atoms with E-state index in [1.165, 1.54) is 0 Å². The summed E-state index contributed by atoms with van der Waals surface area (Å²) in [6, 6.07) is 0. The molecule has 6 heteroatoms. The van der Waals surface area contributed by atoms with Crippen LogP contribution >= 0.6 is 0 Å². The van der Waals surface area contributed by atoms with Gasteiger partial charge in [-0.2, -0.15) is 0 Å². The molecule has 1 rings (SSSR count). The van der Waals surface area contributed by atoms with Crippen LogP contribution in [0.15, 0.2) is 0 Å². The summed E-state index contributed by atoms with van der Waals surface area (Å²) in [5, 5.41) is 30.8. The zero-order valence-electron chi connectivity index (χ0n) is 9.46. The molecule has 2 unspecified atom stereocenters. The molecule has 1 aliphatic rings. The molecule has 1 heterocycles. The van der Waals surface area contributed by atoms with Gasteiger partial charge in [-0.25, -0.2) is 0 Å². The molecule has 0 aromatic rings. The van der Waals surface area contributed by atoms with Crippen LogP contribution in [0, 0.1) is 5.92 Å². The molecule has 0 spiro atoms. The fourth-order valence-electron chi connectivity index (χ4n) is 1.68. The summed E-state index contributed by atoms with van der Waals surface area (Å²) in [6.45, 7) is 2.98. The number of hydrogen-bond acceptors (Lipinski definition) is 5. The Morgan fingerprint density at radius 3 is 2.50 bits per heavy atom. The molecule has 0 aromatic carbocycles. The summed E-state index contributed by atoms with van der Waals surface area (Å²) < 4.78 is 5.31. The van der Waals surface area contributed by atoms with E-state index >= 15 is 0 Å². The van der Waals surface area contributed by atoms with E-state index in [0.717, 1.165) is 0 Å². The minimum atomic E-state index is -1.13. The highest BCUT2D eigenvalue weighted by Crippen LogP contribution is 2.24. The second kappa shape index (κ2) is 5.58. The Kier molecular flexibility index (Phi) is 4.67. The van der Waals surface area contributed by atoms with Gasteiger partial charge >= 0.3 is 0 Å². The number of nitrogens with one attached hydrogen (secondary N) is 1. The number of ether oxygens (including phenoxy) is 1. The van der Waals surface area contributed by atoms with Crippen LogP contribution in [0.5, 0.6) is 0 Å². The van der Waals surface area contributed by atoms with Gasteiger partial charge in [0.1, 0.15) is 18.4 Å². The molecule has 94 valence electrons. The van der Waals surface area contributed by atoms with Gasteiger partial charge in [0, 0.05) is 12.3 Å². The topological polar surface area (TPSA) is 99.0 Å². The standard InChI is InChI=1S/C10H19NO5/c1-3-7(13)11-10-5(2)8(14)9(15)6(4-12)16-10/h5-6,8-10,12,14-15H,3-4H2,1-2H3,(H,11,13)/t5?,6?,8-,9-,10-/m1/s1. The maximum absolute atomic E-state index is 11.2. The lowest BCUT2D eigenvalue weighted by Crippen LogP contribution is -2.59. The molecule has 5 atom stereocenters. The highest BCUT2D eigenvalue weighted by molar-refractivity contribution is 5.75. The van der Waals surface area contributed by atoms with Crippen molar-refractivity contribution >= 4 is 5.91 Å². The molecule has 4 N–H and O–H groups in total. The average Bonchev–Trinajstić information content (AvgIpc) is 2.29. The fraction of sp³-hybridized carbons (Fsp3) is 0.900. The van der Waals surface area contributed by atoms with Gasteiger partial charge in [0.25, 0.3) is 0 Å². The van der Waals surface area contributed by atoms with E-state index in [0.29, 0.717) is 6.42 Å². The first-order valence-corrected chi connectivity index (χ1v) is 5.43. The third-order valence-electron chi connectivity index (χ3n) is 2.87. The lowest BCUT2D eigenvalue weighted by atomic mass is 9.91. The predicted molar refractivity (Wildman–Crippen MR) is 55.4 cm³/mol. The second-order valence-corrected chi connectivity index (χ2v) is 4.04. The SMILES string of the molecule is CCC(=O)N[C@@H]1OC(CO)[C@@H](O)[C@H](O)C1C. The van der Waals surface area contributed by atoms with Crippen molar-refractivity contribution in [1.82, 2.24) is 5.32 Å². The molecular formula is C10H19NO5.